The van der Waals surface area contributed by atoms with Crippen LogP contribution in [0.4, 0.5) is 16.6 Å². The highest BCUT2D eigenvalue weighted by atomic mass is 16.6. The molecule has 0 saturated carbocycles. The van der Waals surface area contributed by atoms with Crippen molar-refractivity contribution in [1.29, 1.82) is 0 Å². The molecule has 2 rings (SSSR count). The molecular weight excluding hydrogens is 298 g/mol. The molecule has 128 valence electrons. The summed E-state index contributed by atoms with van der Waals surface area (Å²) in [7, 11) is 1.64. The van der Waals surface area contributed by atoms with Crippen molar-refractivity contribution in [3.05, 3.63) is 12.3 Å². The number of amides is 1. The summed E-state index contributed by atoms with van der Waals surface area (Å²) in [5, 5.41) is 2.88. The fourth-order valence-corrected chi connectivity index (χ4v) is 2.51. The predicted octanol–water partition coefficient (Wildman–Crippen LogP) is 1.18. The van der Waals surface area contributed by atoms with Crippen LogP contribution in [0.25, 0.3) is 0 Å². The Morgan fingerprint density at radius 1 is 1.48 bits per heavy atom. The van der Waals surface area contributed by atoms with Gasteiger partial charge < -0.3 is 25.4 Å². The van der Waals surface area contributed by atoms with E-state index in [1.807, 2.05) is 25.7 Å². The van der Waals surface area contributed by atoms with E-state index in [1.54, 1.807) is 19.4 Å². The van der Waals surface area contributed by atoms with Gasteiger partial charge in [-0.25, -0.2) is 9.78 Å². The van der Waals surface area contributed by atoms with Crippen LogP contribution in [-0.2, 0) is 9.47 Å². The van der Waals surface area contributed by atoms with Gasteiger partial charge in [0, 0.05) is 26.4 Å². The molecule has 8 nitrogen and oxygen atoms in total. The second-order valence-corrected chi connectivity index (χ2v) is 6.54. The van der Waals surface area contributed by atoms with E-state index in [-0.39, 0.29) is 12.1 Å². The van der Waals surface area contributed by atoms with Crippen molar-refractivity contribution < 1.29 is 14.3 Å². The van der Waals surface area contributed by atoms with Gasteiger partial charge in [-0.3, -0.25) is 0 Å². The summed E-state index contributed by atoms with van der Waals surface area (Å²) in [5.41, 5.74) is 5.17. The highest BCUT2D eigenvalue weighted by Crippen LogP contribution is 2.19. The first-order valence-electron chi connectivity index (χ1n) is 7.64. The smallest absolute Gasteiger partial charge is 0.408 e. The second kappa shape index (κ2) is 6.99. The molecule has 3 N–H and O–H groups in total. The van der Waals surface area contributed by atoms with Crippen LogP contribution in [0.5, 0.6) is 0 Å². The SMILES string of the molecule is COC1CCN(c2nccc(N)n2)CC1NC(=O)OC(C)(C)C. The summed E-state index contributed by atoms with van der Waals surface area (Å²) in [4.78, 5) is 22.5. The number of ether oxygens (including phenoxy) is 2. The van der Waals surface area contributed by atoms with Crippen molar-refractivity contribution >= 4 is 17.9 Å². The molecule has 1 aromatic rings. The first-order valence-corrected chi connectivity index (χ1v) is 7.64. The molecule has 0 aliphatic carbocycles. The van der Waals surface area contributed by atoms with E-state index in [4.69, 9.17) is 15.2 Å². The number of methoxy groups -OCH3 is 1. The Balaban J connectivity index is 2.05. The van der Waals surface area contributed by atoms with Crippen molar-refractivity contribution in [3.8, 4) is 0 Å². The molecule has 1 amide bonds. The van der Waals surface area contributed by atoms with E-state index in [1.165, 1.54) is 0 Å². The molecule has 1 saturated heterocycles. The molecule has 2 heterocycles. The minimum Gasteiger partial charge on any atom is -0.444 e. The second-order valence-electron chi connectivity index (χ2n) is 6.54. The third-order valence-electron chi connectivity index (χ3n) is 3.50. The Hall–Kier alpha value is -2.09. The number of carbonyl (C=O) groups is 1. The fraction of sp³-hybridized carbons (Fsp3) is 0.667. The summed E-state index contributed by atoms with van der Waals surface area (Å²) in [6.45, 7) is 6.74. The minimum absolute atomic E-state index is 0.0835. The lowest BCUT2D eigenvalue weighted by atomic mass is 10.0. The van der Waals surface area contributed by atoms with Gasteiger partial charge in [0.05, 0.1) is 12.1 Å². The standard InChI is InChI=1S/C15H25N5O3/c1-15(2,3)23-14(21)18-10-9-20(8-6-11(10)22-4)13-17-7-5-12(16)19-13/h5,7,10-11H,6,8-9H2,1-4H3,(H,18,21)(H2,16,17,19). The maximum atomic E-state index is 12.0. The van der Waals surface area contributed by atoms with Gasteiger partial charge in [0.1, 0.15) is 11.4 Å². The molecular formula is C15H25N5O3. The van der Waals surface area contributed by atoms with Gasteiger partial charge in [-0.15, -0.1) is 0 Å². The van der Waals surface area contributed by atoms with Gasteiger partial charge in [0.2, 0.25) is 5.95 Å². The minimum atomic E-state index is -0.544. The molecule has 0 radical (unpaired) electrons. The van der Waals surface area contributed by atoms with E-state index in [0.717, 1.165) is 13.0 Å². The maximum Gasteiger partial charge on any atom is 0.408 e. The molecule has 2 unspecified atom stereocenters. The topological polar surface area (TPSA) is 103 Å². The lowest BCUT2D eigenvalue weighted by molar-refractivity contribution is 0.0279. The van der Waals surface area contributed by atoms with Gasteiger partial charge in [-0.2, -0.15) is 4.98 Å². The number of nitrogens with two attached hydrogens (primary N) is 1. The van der Waals surface area contributed by atoms with Crippen LogP contribution >= 0.6 is 0 Å². The third-order valence-corrected chi connectivity index (χ3v) is 3.50. The summed E-state index contributed by atoms with van der Waals surface area (Å²) < 4.78 is 10.8. The van der Waals surface area contributed by atoms with Gasteiger partial charge >= 0.3 is 6.09 Å². The van der Waals surface area contributed by atoms with Crippen molar-refractivity contribution in [2.75, 3.05) is 30.8 Å². The van der Waals surface area contributed by atoms with Gasteiger partial charge in [-0.05, 0) is 33.3 Å². The highest BCUT2D eigenvalue weighted by Gasteiger charge is 2.32. The molecule has 0 aromatic carbocycles. The molecule has 0 bridgehead atoms. The van der Waals surface area contributed by atoms with Crippen molar-refractivity contribution in [2.24, 2.45) is 0 Å². The Labute approximate surface area is 136 Å². The van der Waals surface area contributed by atoms with Crippen LogP contribution in [0, 0.1) is 0 Å². The van der Waals surface area contributed by atoms with Crippen LogP contribution in [-0.4, -0.2) is 54.0 Å². The number of carbonyl (C=O) groups excluding carboxylic acids is 1. The number of aromatic nitrogens is 2. The van der Waals surface area contributed by atoms with E-state index in [2.05, 4.69) is 15.3 Å². The Kier molecular flexibility index (Phi) is 5.25. The molecule has 2 atom stereocenters. The van der Waals surface area contributed by atoms with Crippen LogP contribution in [0.3, 0.4) is 0 Å². The van der Waals surface area contributed by atoms with Crippen molar-refractivity contribution in [1.82, 2.24) is 15.3 Å². The zero-order valence-corrected chi connectivity index (χ0v) is 14.1. The highest BCUT2D eigenvalue weighted by molar-refractivity contribution is 5.68. The van der Waals surface area contributed by atoms with Gasteiger partial charge in [0.15, 0.2) is 0 Å². The first kappa shape index (κ1) is 17.3. The van der Waals surface area contributed by atoms with Gasteiger partial charge in [0.25, 0.3) is 0 Å². The Morgan fingerprint density at radius 2 is 2.22 bits per heavy atom. The number of rotatable bonds is 3. The monoisotopic (exact) mass is 323 g/mol. The van der Waals surface area contributed by atoms with Crippen LogP contribution in [0.1, 0.15) is 27.2 Å². The van der Waals surface area contributed by atoms with Crippen molar-refractivity contribution in [2.45, 2.75) is 44.9 Å². The molecule has 1 aliphatic heterocycles. The molecule has 1 aliphatic rings. The molecule has 1 fully saturated rings. The largest absolute Gasteiger partial charge is 0.444 e. The number of hydrogen-bond acceptors (Lipinski definition) is 7. The number of piperidine rings is 1. The first-order chi connectivity index (χ1) is 10.8. The summed E-state index contributed by atoms with van der Waals surface area (Å²) in [5.74, 6) is 0.969. The molecule has 1 aromatic heterocycles. The predicted molar refractivity (Wildman–Crippen MR) is 87.2 cm³/mol. The molecule has 0 spiro atoms. The molecule has 23 heavy (non-hydrogen) atoms. The lowest BCUT2D eigenvalue weighted by Gasteiger charge is -2.38. The number of nitrogens with zero attached hydrogens (tertiary/aromatic N) is 3. The summed E-state index contributed by atoms with van der Waals surface area (Å²) in [6.07, 6.45) is 1.82. The summed E-state index contributed by atoms with van der Waals surface area (Å²) in [6, 6.07) is 1.43. The number of nitrogen functional groups attached to an aromatic ring is 1. The van der Waals surface area contributed by atoms with E-state index >= 15 is 0 Å². The Bertz CT molecular complexity index is 546. The summed E-state index contributed by atoms with van der Waals surface area (Å²) >= 11 is 0. The van der Waals surface area contributed by atoms with E-state index in [0.29, 0.717) is 18.3 Å². The number of nitrogens with one attached hydrogen (secondary N) is 1. The van der Waals surface area contributed by atoms with E-state index in [9.17, 15) is 4.79 Å². The fourth-order valence-electron chi connectivity index (χ4n) is 2.51. The average Bonchev–Trinajstić information content (AvgIpc) is 2.45. The number of hydrogen-bond donors (Lipinski definition) is 2. The zero-order valence-electron chi connectivity index (χ0n) is 14.1. The van der Waals surface area contributed by atoms with Crippen molar-refractivity contribution in [3.63, 3.8) is 0 Å². The van der Waals surface area contributed by atoms with Crippen LogP contribution < -0.4 is 16.0 Å². The number of alkyl carbamates (subject to hydrolysis) is 1. The quantitative estimate of drug-likeness (QED) is 0.861. The maximum absolute atomic E-state index is 12.0. The third kappa shape index (κ3) is 4.95. The average molecular weight is 323 g/mol. The normalized spacial score (nSPS) is 21.8. The van der Waals surface area contributed by atoms with Gasteiger partial charge in [-0.1, -0.05) is 0 Å². The number of anilines is 2. The zero-order chi connectivity index (χ0) is 17.0. The lowest BCUT2D eigenvalue weighted by Crippen LogP contribution is -2.56. The van der Waals surface area contributed by atoms with Crippen LogP contribution in [0.2, 0.25) is 0 Å². The van der Waals surface area contributed by atoms with E-state index < -0.39 is 11.7 Å². The Morgan fingerprint density at radius 3 is 2.83 bits per heavy atom. The van der Waals surface area contributed by atoms with Crippen LogP contribution in [0.15, 0.2) is 12.3 Å². The molecule has 8 heteroatoms.